The second-order valence-corrected chi connectivity index (χ2v) is 5.14. The van der Waals surface area contributed by atoms with Crippen LogP contribution in [-0.2, 0) is 6.42 Å². The number of nitrogen functional groups attached to an aromatic ring is 1. The van der Waals surface area contributed by atoms with Crippen molar-refractivity contribution in [3.05, 3.63) is 64.7 Å². The average Bonchev–Trinajstić information content (AvgIpc) is 2.50. The second-order valence-electron chi connectivity index (χ2n) is 4.71. The summed E-state index contributed by atoms with van der Waals surface area (Å²) >= 11 is 5.80. The van der Waals surface area contributed by atoms with Gasteiger partial charge in [-0.1, -0.05) is 23.7 Å². The van der Waals surface area contributed by atoms with E-state index < -0.39 is 11.9 Å². The van der Waals surface area contributed by atoms with Gasteiger partial charge in [-0.15, -0.1) is 0 Å². The number of nitrogens with one attached hydrogen (secondary N) is 2. The van der Waals surface area contributed by atoms with Gasteiger partial charge in [0.15, 0.2) is 0 Å². The van der Waals surface area contributed by atoms with Crippen LogP contribution >= 0.6 is 11.6 Å². The van der Waals surface area contributed by atoms with Crippen molar-refractivity contribution >= 4 is 29.2 Å². The molecule has 2 rings (SSSR count). The number of nitrogens with two attached hydrogens (primary N) is 1. The molecule has 0 aliphatic carbocycles. The number of carbonyl (C=O) groups excluding carboxylic acids is 2. The molecular weight excluding hydrogens is 302 g/mol. The summed E-state index contributed by atoms with van der Waals surface area (Å²) in [6.45, 7) is 0.419. The third-order valence-corrected chi connectivity index (χ3v) is 3.26. The van der Waals surface area contributed by atoms with Crippen molar-refractivity contribution in [1.82, 2.24) is 10.6 Å². The number of rotatable bonds is 4. The van der Waals surface area contributed by atoms with E-state index in [2.05, 4.69) is 10.6 Å². The summed E-state index contributed by atoms with van der Waals surface area (Å²) in [6.07, 6.45) is 0.653. The number of hydrogen-bond acceptors (Lipinski definition) is 3. The van der Waals surface area contributed by atoms with Gasteiger partial charge in [-0.3, -0.25) is 10.1 Å². The average molecular weight is 318 g/mol. The van der Waals surface area contributed by atoms with E-state index in [1.807, 2.05) is 12.1 Å². The van der Waals surface area contributed by atoms with Gasteiger partial charge >= 0.3 is 6.03 Å². The van der Waals surface area contributed by atoms with E-state index in [0.717, 1.165) is 5.56 Å². The van der Waals surface area contributed by atoms with Gasteiger partial charge in [0, 0.05) is 22.8 Å². The molecule has 0 atom stereocenters. The highest BCUT2D eigenvalue weighted by atomic mass is 35.5. The standard InChI is InChI=1S/C16H16ClN3O2/c17-13-5-1-11(2-6-13)9-10-19-16(22)20-15(21)12-3-7-14(18)8-4-12/h1-8H,9-10,18H2,(H2,19,20,21,22). The Balaban J connectivity index is 1.76. The van der Waals surface area contributed by atoms with Gasteiger partial charge in [0.1, 0.15) is 0 Å². The van der Waals surface area contributed by atoms with Crippen LogP contribution in [0.15, 0.2) is 48.5 Å². The molecule has 22 heavy (non-hydrogen) atoms. The zero-order chi connectivity index (χ0) is 15.9. The van der Waals surface area contributed by atoms with Crippen LogP contribution in [-0.4, -0.2) is 18.5 Å². The fourth-order valence-corrected chi connectivity index (χ4v) is 1.95. The Labute approximate surface area is 133 Å². The van der Waals surface area contributed by atoms with Crippen LogP contribution in [0.5, 0.6) is 0 Å². The predicted octanol–water partition coefficient (Wildman–Crippen LogP) is 2.60. The van der Waals surface area contributed by atoms with E-state index in [0.29, 0.717) is 29.2 Å². The first-order valence-corrected chi connectivity index (χ1v) is 7.11. The minimum atomic E-state index is -0.532. The Hall–Kier alpha value is -2.53. The molecule has 0 fully saturated rings. The fourth-order valence-electron chi connectivity index (χ4n) is 1.83. The van der Waals surface area contributed by atoms with Gasteiger partial charge in [0.2, 0.25) is 0 Å². The van der Waals surface area contributed by atoms with Crippen LogP contribution in [0.3, 0.4) is 0 Å². The second kappa shape index (κ2) is 7.47. The lowest BCUT2D eigenvalue weighted by molar-refractivity contribution is 0.0964. The van der Waals surface area contributed by atoms with Gasteiger partial charge in [0.05, 0.1) is 0 Å². The van der Waals surface area contributed by atoms with Crippen LogP contribution in [0.1, 0.15) is 15.9 Å². The number of anilines is 1. The van der Waals surface area contributed by atoms with Crippen molar-refractivity contribution < 1.29 is 9.59 Å². The molecule has 4 N–H and O–H groups in total. The summed E-state index contributed by atoms with van der Waals surface area (Å²) in [4.78, 5) is 23.5. The molecule has 2 aromatic carbocycles. The third kappa shape index (κ3) is 4.79. The highest BCUT2D eigenvalue weighted by Gasteiger charge is 2.09. The highest BCUT2D eigenvalue weighted by Crippen LogP contribution is 2.09. The number of amides is 3. The lowest BCUT2D eigenvalue weighted by atomic mass is 10.1. The number of halogens is 1. The maximum Gasteiger partial charge on any atom is 0.321 e. The molecule has 3 amide bonds. The lowest BCUT2D eigenvalue weighted by Crippen LogP contribution is -2.40. The molecule has 0 aliphatic rings. The van der Waals surface area contributed by atoms with Gasteiger partial charge in [-0.25, -0.2) is 4.79 Å². The molecule has 0 spiro atoms. The number of imide groups is 1. The summed E-state index contributed by atoms with van der Waals surface area (Å²) in [5.41, 5.74) is 7.53. The van der Waals surface area contributed by atoms with E-state index in [1.165, 1.54) is 0 Å². The first kappa shape index (κ1) is 15.9. The number of urea groups is 1. The molecular formula is C16H16ClN3O2. The van der Waals surface area contributed by atoms with Crippen molar-refractivity contribution in [3.63, 3.8) is 0 Å². The van der Waals surface area contributed by atoms with Crippen LogP contribution in [0.4, 0.5) is 10.5 Å². The molecule has 0 unspecified atom stereocenters. The summed E-state index contributed by atoms with van der Waals surface area (Å²) in [6, 6.07) is 13.2. The zero-order valence-electron chi connectivity index (χ0n) is 11.8. The summed E-state index contributed by atoms with van der Waals surface area (Å²) in [7, 11) is 0. The van der Waals surface area contributed by atoms with Gasteiger partial charge < -0.3 is 11.1 Å². The van der Waals surface area contributed by atoms with Crippen molar-refractivity contribution in [2.75, 3.05) is 12.3 Å². The molecule has 2 aromatic rings. The summed E-state index contributed by atoms with van der Waals surface area (Å²) in [5.74, 6) is -0.469. The van der Waals surface area contributed by atoms with Crippen molar-refractivity contribution in [1.29, 1.82) is 0 Å². The SMILES string of the molecule is Nc1ccc(C(=O)NC(=O)NCCc2ccc(Cl)cc2)cc1. The predicted molar refractivity (Wildman–Crippen MR) is 86.9 cm³/mol. The third-order valence-electron chi connectivity index (χ3n) is 3.01. The Morgan fingerprint density at radius 2 is 1.64 bits per heavy atom. The summed E-state index contributed by atoms with van der Waals surface area (Å²) < 4.78 is 0. The minimum absolute atomic E-state index is 0.377. The van der Waals surface area contributed by atoms with Crippen molar-refractivity contribution in [2.24, 2.45) is 0 Å². The molecule has 0 saturated heterocycles. The van der Waals surface area contributed by atoms with Crippen LogP contribution < -0.4 is 16.4 Å². The largest absolute Gasteiger partial charge is 0.399 e. The maximum atomic E-state index is 11.8. The first-order chi connectivity index (χ1) is 10.5. The van der Waals surface area contributed by atoms with E-state index in [1.54, 1.807) is 36.4 Å². The summed E-state index contributed by atoms with van der Waals surface area (Å²) in [5, 5.41) is 5.56. The number of hydrogen-bond donors (Lipinski definition) is 3. The van der Waals surface area contributed by atoms with Crippen LogP contribution in [0, 0.1) is 0 Å². The van der Waals surface area contributed by atoms with E-state index in [-0.39, 0.29) is 0 Å². The van der Waals surface area contributed by atoms with Crippen LogP contribution in [0.2, 0.25) is 5.02 Å². The smallest absolute Gasteiger partial charge is 0.321 e. The Morgan fingerprint density at radius 3 is 2.27 bits per heavy atom. The van der Waals surface area contributed by atoms with E-state index in [9.17, 15) is 9.59 Å². The van der Waals surface area contributed by atoms with E-state index >= 15 is 0 Å². The zero-order valence-corrected chi connectivity index (χ0v) is 12.6. The number of benzene rings is 2. The Bertz CT molecular complexity index is 654. The number of carbonyl (C=O) groups is 2. The molecule has 5 nitrogen and oxygen atoms in total. The molecule has 0 aromatic heterocycles. The van der Waals surface area contributed by atoms with Crippen LogP contribution in [0.25, 0.3) is 0 Å². The molecule has 0 aliphatic heterocycles. The molecule has 0 bridgehead atoms. The molecule has 6 heteroatoms. The lowest BCUT2D eigenvalue weighted by Gasteiger charge is -2.07. The normalized spacial score (nSPS) is 10.0. The first-order valence-electron chi connectivity index (χ1n) is 6.74. The minimum Gasteiger partial charge on any atom is -0.399 e. The molecule has 0 radical (unpaired) electrons. The quantitative estimate of drug-likeness (QED) is 0.758. The van der Waals surface area contributed by atoms with E-state index in [4.69, 9.17) is 17.3 Å². The Kier molecular flexibility index (Phi) is 5.38. The molecule has 0 saturated carbocycles. The fraction of sp³-hybridized carbons (Fsp3) is 0.125. The van der Waals surface area contributed by atoms with Crippen molar-refractivity contribution in [2.45, 2.75) is 6.42 Å². The topological polar surface area (TPSA) is 84.2 Å². The van der Waals surface area contributed by atoms with Crippen molar-refractivity contribution in [3.8, 4) is 0 Å². The van der Waals surface area contributed by atoms with Gasteiger partial charge in [-0.2, -0.15) is 0 Å². The van der Waals surface area contributed by atoms with Gasteiger partial charge in [0.25, 0.3) is 5.91 Å². The van der Waals surface area contributed by atoms with Gasteiger partial charge in [-0.05, 0) is 48.4 Å². The highest BCUT2D eigenvalue weighted by molar-refractivity contribution is 6.30. The molecule has 0 heterocycles. The monoisotopic (exact) mass is 317 g/mol. The maximum absolute atomic E-state index is 11.8. The molecule has 114 valence electrons. The Morgan fingerprint density at radius 1 is 1.00 bits per heavy atom.